The number of carbonyl (C=O) groups excluding carboxylic acids is 2. The molecule has 0 aliphatic carbocycles. The van der Waals surface area contributed by atoms with Gasteiger partial charge < -0.3 is 15.4 Å². The number of rotatable bonds is 7. The van der Waals surface area contributed by atoms with E-state index >= 15 is 0 Å². The number of amides is 2. The van der Waals surface area contributed by atoms with Gasteiger partial charge in [-0.15, -0.1) is 0 Å². The van der Waals surface area contributed by atoms with E-state index in [4.69, 9.17) is 4.74 Å². The molecule has 0 bridgehead atoms. The molecule has 120 valence electrons. The summed E-state index contributed by atoms with van der Waals surface area (Å²) in [4.78, 5) is 27.4. The lowest BCUT2D eigenvalue weighted by atomic mass is 10.2. The predicted molar refractivity (Wildman–Crippen MR) is 85.8 cm³/mol. The molecule has 0 radical (unpaired) electrons. The summed E-state index contributed by atoms with van der Waals surface area (Å²) < 4.78 is 5.33. The van der Waals surface area contributed by atoms with Crippen LogP contribution in [0, 0.1) is 6.92 Å². The van der Waals surface area contributed by atoms with Crippen molar-refractivity contribution in [3.8, 4) is 5.75 Å². The maximum absolute atomic E-state index is 11.6. The number of nitrogens with zero attached hydrogens (tertiary/aromatic N) is 1. The first-order valence-corrected chi connectivity index (χ1v) is 7.26. The molecule has 2 aromatic rings. The van der Waals surface area contributed by atoms with Crippen molar-refractivity contribution in [3.63, 3.8) is 0 Å². The zero-order valence-electron chi connectivity index (χ0n) is 12.9. The first kappa shape index (κ1) is 16.5. The summed E-state index contributed by atoms with van der Waals surface area (Å²) in [6, 6.07) is 12.9. The smallest absolute Gasteiger partial charge is 0.258 e. The maximum Gasteiger partial charge on any atom is 0.258 e. The summed E-state index contributed by atoms with van der Waals surface area (Å²) >= 11 is 0. The van der Waals surface area contributed by atoms with E-state index in [-0.39, 0.29) is 25.0 Å². The molecule has 1 heterocycles. The summed E-state index contributed by atoms with van der Waals surface area (Å²) in [5, 5.41) is 5.18. The molecule has 2 amide bonds. The minimum absolute atomic E-state index is 0.0943. The molecule has 0 unspecified atom stereocenters. The van der Waals surface area contributed by atoms with Crippen molar-refractivity contribution in [2.75, 3.05) is 13.2 Å². The Labute approximate surface area is 134 Å². The number of aromatic nitrogens is 1. The minimum atomic E-state index is -0.349. The molecular weight excluding hydrogens is 294 g/mol. The molecule has 0 aliphatic rings. The van der Waals surface area contributed by atoms with Crippen molar-refractivity contribution in [3.05, 3.63) is 59.9 Å². The molecule has 2 rings (SSSR count). The van der Waals surface area contributed by atoms with Gasteiger partial charge in [-0.1, -0.05) is 23.8 Å². The van der Waals surface area contributed by atoms with E-state index in [1.807, 2.05) is 31.2 Å². The number of aryl methyl sites for hydroxylation is 1. The van der Waals surface area contributed by atoms with Crippen LogP contribution in [0.3, 0.4) is 0 Å². The van der Waals surface area contributed by atoms with E-state index < -0.39 is 0 Å². The van der Waals surface area contributed by atoms with Gasteiger partial charge in [-0.25, -0.2) is 0 Å². The van der Waals surface area contributed by atoms with Crippen LogP contribution in [-0.2, 0) is 16.1 Å². The third-order valence-electron chi connectivity index (χ3n) is 3.03. The standard InChI is InChI=1S/C17H19N3O3/c1-13-5-7-15(8-6-13)23-12-17(22)20-11-16(21)19-10-14-4-2-3-9-18-14/h2-9H,10-12H2,1H3,(H,19,21)(H,20,22). The van der Waals surface area contributed by atoms with Crippen molar-refractivity contribution >= 4 is 11.8 Å². The first-order valence-electron chi connectivity index (χ1n) is 7.26. The van der Waals surface area contributed by atoms with Gasteiger partial charge in [0.2, 0.25) is 5.91 Å². The summed E-state index contributed by atoms with van der Waals surface area (Å²) in [6.07, 6.45) is 1.66. The third-order valence-corrected chi connectivity index (χ3v) is 3.03. The first-order chi connectivity index (χ1) is 11.1. The van der Waals surface area contributed by atoms with E-state index in [0.717, 1.165) is 11.3 Å². The Morgan fingerprint density at radius 3 is 2.52 bits per heavy atom. The highest BCUT2D eigenvalue weighted by Crippen LogP contribution is 2.10. The van der Waals surface area contributed by atoms with Gasteiger partial charge in [0.15, 0.2) is 6.61 Å². The summed E-state index contributed by atoms with van der Waals surface area (Å²) in [5.74, 6) is -0.0109. The second kappa shape index (κ2) is 8.53. The van der Waals surface area contributed by atoms with Gasteiger partial charge in [-0.05, 0) is 31.2 Å². The second-order valence-corrected chi connectivity index (χ2v) is 4.98. The fourth-order valence-corrected chi connectivity index (χ4v) is 1.77. The molecule has 1 aromatic heterocycles. The monoisotopic (exact) mass is 313 g/mol. The topological polar surface area (TPSA) is 80.3 Å². The largest absolute Gasteiger partial charge is 0.484 e. The average Bonchev–Trinajstić information content (AvgIpc) is 2.58. The number of benzene rings is 1. The van der Waals surface area contributed by atoms with Gasteiger partial charge in [-0.2, -0.15) is 0 Å². The quantitative estimate of drug-likeness (QED) is 0.805. The van der Waals surface area contributed by atoms with Gasteiger partial charge >= 0.3 is 0 Å². The molecule has 0 saturated heterocycles. The number of pyridine rings is 1. The number of hydrogen-bond acceptors (Lipinski definition) is 4. The molecule has 0 fully saturated rings. The fourth-order valence-electron chi connectivity index (χ4n) is 1.77. The maximum atomic E-state index is 11.6. The van der Waals surface area contributed by atoms with E-state index in [2.05, 4.69) is 15.6 Å². The van der Waals surface area contributed by atoms with Gasteiger partial charge in [0.1, 0.15) is 5.75 Å². The van der Waals surface area contributed by atoms with Gasteiger partial charge in [0.05, 0.1) is 18.8 Å². The van der Waals surface area contributed by atoms with Crippen LogP contribution in [0.5, 0.6) is 5.75 Å². The molecular formula is C17H19N3O3. The van der Waals surface area contributed by atoms with Crippen LogP contribution in [-0.4, -0.2) is 29.9 Å². The highest BCUT2D eigenvalue weighted by atomic mass is 16.5. The van der Waals surface area contributed by atoms with Crippen LogP contribution < -0.4 is 15.4 Å². The lowest BCUT2D eigenvalue weighted by Crippen LogP contribution is -2.38. The molecule has 1 aromatic carbocycles. The molecule has 6 nitrogen and oxygen atoms in total. The number of hydrogen-bond donors (Lipinski definition) is 2. The summed E-state index contributed by atoms with van der Waals surface area (Å²) in [7, 11) is 0. The van der Waals surface area contributed by atoms with Crippen molar-refractivity contribution < 1.29 is 14.3 Å². The normalized spacial score (nSPS) is 9.96. The highest BCUT2D eigenvalue weighted by Gasteiger charge is 2.06. The fraction of sp³-hybridized carbons (Fsp3) is 0.235. The number of nitrogens with one attached hydrogen (secondary N) is 2. The van der Waals surface area contributed by atoms with E-state index in [0.29, 0.717) is 12.3 Å². The van der Waals surface area contributed by atoms with E-state index in [1.165, 1.54) is 0 Å². The van der Waals surface area contributed by atoms with Gasteiger partial charge in [0.25, 0.3) is 5.91 Å². The Kier molecular flexibility index (Phi) is 6.11. The molecule has 0 spiro atoms. The lowest BCUT2D eigenvalue weighted by Gasteiger charge is -2.08. The van der Waals surface area contributed by atoms with Crippen LogP contribution >= 0.6 is 0 Å². The van der Waals surface area contributed by atoms with Gasteiger partial charge in [0, 0.05) is 6.20 Å². The van der Waals surface area contributed by atoms with Crippen LogP contribution in [0.2, 0.25) is 0 Å². The lowest BCUT2D eigenvalue weighted by molar-refractivity contribution is -0.127. The number of carbonyl (C=O) groups is 2. The predicted octanol–water partition coefficient (Wildman–Crippen LogP) is 1.20. The molecule has 0 saturated carbocycles. The highest BCUT2D eigenvalue weighted by molar-refractivity contribution is 5.85. The summed E-state index contributed by atoms with van der Waals surface area (Å²) in [5.41, 5.74) is 1.88. The molecule has 0 atom stereocenters. The van der Waals surface area contributed by atoms with Crippen molar-refractivity contribution in [2.24, 2.45) is 0 Å². The Morgan fingerprint density at radius 2 is 1.83 bits per heavy atom. The second-order valence-electron chi connectivity index (χ2n) is 4.98. The van der Waals surface area contributed by atoms with Gasteiger partial charge in [-0.3, -0.25) is 14.6 Å². The van der Waals surface area contributed by atoms with Crippen LogP contribution in [0.25, 0.3) is 0 Å². The Bertz CT molecular complexity index is 642. The van der Waals surface area contributed by atoms with Crippen molar-refractivity contribution in [2.45, 2.75) is 13.5 Å². The van der Waals surface area contributed by atoms with Crippen molar-refractivity contribution in [1.82, 2.24) is 15.6 Å². The average molecular weight is 313 g/mol. The SMILES string of the molecule is Cc1ccc(OCC(=O)NCC(=O)NCc2ccccn2)cc1. The number of ether oxygens (including phenoxy) is 1. The Balaban J connectivity index is 1.63. The minimum Gasteiger partial charge on any atom is -0.484 e. The van der Waals surface area contributed by atoms with Crippen LogP contribution in [0.1, 0.15) is 11.3 Å². The van der Waals surface area contributed by atoms with Crippen LogP contribution in [0.4, 0.5) is 0 Å². The molecule has 2 N–H and O–H groups in total. The van der Waals surface area contributed by atoms with Crippen molar-refractivity contribution in [1.29, 1.82) is 0 Å². The zero-order valence-corrected chi connectivity index (χ0v) is 12.9. The zero-order chi connectivity index (χ0) is 16.5. The molecule has 23 heavy (non-hydrogen) atoms. The summed E-state index contributed by atoms with van der Waals surface area (Å²) in [6.45, 7) is 2.08. The van der Waals surface area contributed by atoms with Crippen LogP contribution in [0.15, 0.2) is 48.7 Å². The molecule has 6 heteroatoms. The van der Waals surface area contributed by atoms with E-state index in [1.54, 1.807) is 24.4 Å². The Morgan fingerprint density at radius 1 is 1.04 bits per heavy atom. The van der Waals surface area contributed by atoms with E-state index in [9.17, 15) is 9.59 Å². The third kappa shape index (κ3) is 6.17. The Hall–Kier alpha value is -2.89. The molecule has 0 aliphatic heterocycles.